The van der Waals surface area contributed by atoms with E-state index in [1.165, 1.54) is 39.8 Å². The molecule has 3 unspecified atom stereocenters. The summed E-state index contributed by atoms with van der Waals surface area (Å²) < 4.78 is 0.758. The Morgan fingerprint density at radius 1 is 1.29 bits per heavy atom. The number of halogens is 1. The molecule has 4 atom stereocenters. The van der Waals surface area contributed by atoms with Gasteiger partial charge >= 0.3 is 12.0 Å². The van der Waals surface area contributed by atoms with Crippen molar-refractivity contribution in [1.82, 2.24) is 25.7 Å². The number of carbonyl (C=O) groups is 3. The van der Waals surface area contributed by atoms with Crippen molar-refractivity contribution >= 4 is 64.4 Å². The van der Waals surface area contributed by atoms with Crippen molar-refractivity contribution in [2.75, 3.05) is 11.5 Å². The Hall–Kier alpha value is -1.50. The lowest BCUT2D eigenvalue weighted by molar-refractivity contribution is -0.148. The minimum Gasteiger partial charge on any atom is -0.477 e. The van der Waals surface area contributed by atoms with E-state index in [0.717, 1.165) is 35.0 Å². The lowest BCUT2D eigenvalue weighted by Gasteiger charge is -2.49. The second-order valence-electron chi connectivity index (χ2n) is 7.55. The highest BCUT2D eigenvalue weighted by Crippen LogP contribution is 2.41. The van der Waals surface area contributed by atoms with Crippen molar-refractivity contribution in [3.63, 3.8) is 0 Å². The standard InChI is InChI=1S/C18H22ClN5O4S3/c1-8-22-23-18(31-8)30-7-9-6-29-15-12(14(25)24(15)13(9)16(26)27)21-17(28)20-11-5-3-2-4-10(11)19/h10-12,15H,2-7H2,1H3,(H,26,27)(H2,20,21,28)/t10?,11?,12?,15-/m1/s1. The minimum absolute atomic E-state index is 0.00838. The van der Waals surface area contributed by atoms with Crippen LogP contribution in [0, 0.1) is 6.92 Å². The number of fused-ring (bicyclic) bond motifs is 1. The molecule has 13 heteroatoms. The van der Waals surface area contributed by atoms with E-state index in [0.29, 0.717) is 17.1 Å². The quantitative estimate of drug-likeness (QED) is 0.307. The van der Waals surface area contributed by atoms with E-state index in [4.69, 9.17) is 11.6 Å². The summed E-state index contributed by atoms with van der Waals surface area (Å²) in [6.45, 7) is 1.86. The Kier molecular flexibility index (Phi) is 6.99. The largest absolute Gasteiger partial charge is 0.477 e. The molecule has 4 rings (SSSR count). The second kappa shape index (κ2) is 9.55. The molecule has 31 heavy (non-hydrogen) atoms. The lowest BCUT2D eigenvalue weighted by atomic mass is 9.95. The maximum absolute atomic E-state index is 12.7. The van der Waals surface area contributed by atoms with Gasteiger partial charge < -0.3 is 15.7 Å². The third-order valence-electron chi connectivity index (χ3n) is 5.41. The van der Waals surface area contributed by atoms with Crippen LogP contribution < -0.4 is 10.6 Å². The predicted molar refractivity (Wildman–Crippen MR) is 120 cm³/mol. The zero-order valence-corrected chi connectivity index (χ0v) is 19.9. The number of urea groups is 1. The molecule has 0 radical (unpaired) electrons. The highest BCUT2D eigenvalue weighted by atomic mass is 35.5. The van der Waals surface area contributed by atoms with E-state index in [-0.39, 0.29) is 17.1 Å². The number of carbonyl (C=O) groups excluding carboxylic acids is 2. The number of alkyl halides is 1. The normalized spacial score (nSPS) is 28.1. The molecule has 2 aliphatic heterocycles. The van der Waals surface area contributed by atoms with Gasteiger partial charge in [-0.05, 0) is 25.3 Å². The van der Waals surface area contributed by atoms with Gasteiger partial charge in [0.15, 0.2) is 4.34 Å². The molecule has 0 aromatic carbocycles. The van der Waals surface area contributed by atoms with Gasteiger partial charge in [-0.1, -0.05) is 35.9 Å². The van der Waals surface area contributed by atoms with Gasteiger partial charge in [0.2, 0.25) is 0 Å². The van der Waals surface area contributed by atoms with Crippen molar-refractivity contribution < 1.29 is 19.5 Å². The number of aliphatic carboxylic acids is 1. The van der Waals surface area contributed by atoms with Gasteiger partial charge in [0.25, 0.3) is 5.91 Å². The number of β-lactam (4-membered cyclic amide) rings is 1. The van der Waals surface area contributed by atoms with Gasteiger partial charge in [-0.3, -0.25) is 9.69 Å². The summed E-state index contributed by atoms with van der Waals surface area (Å²) in [7, 11) is 0. The molecule has 1 aliphatic carbocycles. The number of aryl methyl sites for hydroxylation is 1. The summed E-state index contributed by atoms with van der Waals surface area (Å²) in [5, 5.41) is 23.6. The number of hydrogen-bond acceptors (Lipinski definition) is 8. The summed E-state index contributed by atoms with van der Waals surface area (Å²) in [6.07, 6.45) is 3.72. The molecule has 9 nitrogen and oxygen atoms in total. The van der Waals surface area contributed by atoms with Gasteiger partial charge in [-0.2, -0.15) is 0 Å². The van der Waals surface area contributed by atoms with Crippen LogP contribution in [0.5, 0.6) is 0 Å². The summed E-state index contributed by atoms with van der Waals surface area (Å²) in [6, 6.07) is -1.32. The van der Waals surface area contributed by atoms with Crippen molar-refractivity contribution in [2.24, 2.45) is 0 Å². The molecule has 3 heterocycles. The number of rotatable bonds is 6. The van der Waals surface area contributed by atoms with Crippen LogP contribution in [-0.4, -0.2) is 72.5 Å². The molecular weight excluding hydrogens is 482 g/mol. The van der Waals surface area contributed by atoms with Crippen LogP contribution in [0.4, 0.5) is 4.79 Å². The van der Waals surface area contributed by atoms with Crippen molar-refractivity contribution in [1.29, 1.82) is 0 Å². The van der Waals surface area contributed by atoms with Crippen LogP contribution >= 0.6 is 46.5 Å². The molecule has 2 fully saturated rings. The first-order valence-corrected chi connectivity index (χ1v) is 13.2. The van der Waals surface area contributed by atoms with Crippen LogP contribution in [0.3, 0.4) is 0 Å². The lowest BCUT2D eigenvalue weighted by Crippen LogP contribution is -2.71. The summed E-state index contributed by atoms with van der Waals surface area (Å²) in [5.74, 6) is -0.674. The average Bonchev–Trinajstić information content (AvgIpc) is 3.16. The van der Waals surface area contributed by atoms with Crippen LogP contribution in [0.15, 0.2) is 15.6 Å². The van der Waals surface area contributed by atoms with Gasteiger partial charge in [0.1, 0.15) is 22.1 Å². The van der Waals surface area contributed by atoms with E-state index in [1.54, 1.807) is 0 Å². The first-order chi connectivity index (χ1) is 14.8. The Bertz CT molecular complexity index is 926. The second-order valence-corrected chi connectivity index (χ2v) is 11.6. The molecule has 1 saturated heterocycles. The number of amides is 3. The Morgan fingerprint density at radius 3 is 2.74 bits per heavy atom. The maximum Gasteiger partial charge on any atom is 0.352 e. The topological polar surface area (TPSA) is 125 Å². The van der Waals surface area contributed by atoms with Crippen LogP contribution in [0.2, 0.25) is 0 Å². The Labute approximate surface area is 196 Å². The first-order valence-electron chi connectivity index (χ1n) is 9.89. The summed E-state index contributed by atoms with van der Waals surface area (Å²) in [5.41, 5.74) is 0.670. The molecule has 3 amide bonds. The zero-order valence-electron chi connectivity index (χ0n) is 16.7. The average molecular weight is 504 g/mol. The monoisotopic (exact) mass is 503 g/mol. The van der Waals surface area contributed by atoms with E-state index in [2.05, 4.69) is 20.8 Å². The highest BCUT2D eigenvalue weighted by molar-refractivity contribution is 8.01. The molecule has 0 spiro atoms. The summed E-state index contributed by atoms with van der Waals surface area (Å²) in [4.78, 5) is 38.4. The highest BCUT2D eigenvalue weighted by Gasteiger charge is 2.54. The number of aromatic nitrogens is 2. The number of carboxylic acid groups (broad SMARTS) is 1. The Balaban J connectivity index is 1.39. The SMILES string of the molecule is Cc1nnc(SCC2=C(C(=O)O)N3C(=O)C(NC(=O)NC4CCCCC4Cl)[C@H]3SC2)s1. The number of nitrogens with one attached hydrogen (secondary N) is 2. The third-order valence-corrected chi connectivity index (χ3v) is 9.33. The molecule has 168 valence electrons. The fraction of sp³-hybridized carbons (Fsp3) is 0.611. The third kappa shape index (κ3) is 4.81. The fourth-order valence-corrected chi connectivity index (χ4v) is 7.52. The van der Waals surface area contributed by atoms with E-state index in [9.17, 15) is 19.5 Å². The summed E-state index contributed by atoms with van der Waals surface area (Å²) >= 11 is 10.6. The van der Waals surface area contributed by atoms with E-state index < -0.39 is 29.3 Å². The molecule has 1 aromatic rings. The molecule has 0 bridgehead atoms. The zero-order chi connectivity index (χ0) is 22.1. The Morgan fingerprint density at radius 2 is 2.06 bits per heavy atom. The molecule has 3 aliphatic rings. The van der Waals surface area contributed by atoms with Gasteiger partial charge in [-0.25, -0.2) is 9.59 Å². The van der Waals surface area contributed by atoms with E-state index >= 15 is 0 Å². The van der Waals surface area contributed by atoms with Crippen LogP contribution in [0.1, 0.15) is 30.7 Å². The minimum atomic E-state index is -1.14. The smallest absolute Gasteiger partial charge is 0.352 e. The van der Waals surface area contributed by atoms with Crippen LogP contribution in [-0.2, 0) is 9.59 Å². The van der Waals surface area contributed by atoms with Crippen molar-refractivity contribution in [3.05, 3.63) is 16.3 Å². The molecule has 1 aromatic heterocycles. The van der Waals surface area contributed by atoms with Gasteiger partial charge in [0.05, 0.1) is 5.38 Å². The predicted octanol–water partition coefficient (Wildman–Crippen LogP) is 2.41. The van der Waals surface area contributed by atoms with E-state index in [1.807, 2.05) is 6.92 Å². The van der Waals surface area contributed by atoms with Gasteiger partial charge in [-0.15, -0.1) is 33.6 Å². The maximum atomic E-state index is 12.7. The van der Waals surface area contributed by atoms with Crippen LogP contribution in [0.25, 0.3) is 0 Å². The fourth-order valence-electron chi connectivity index (χ4n) is 3.88. The number of hydrogen-bond donors (Lipinski definition) is 3. The molecule has 1 saturated carbocycles. The van der Waals surface area contributed by atoms with Crippen molar-refractivity contribution in [3.8, 4) is 0 Å². The molecule has 3 N–H and O–H groups in total. The number of carboxylic acids is 1. The van der Waals surface area contributed by atoms with Gasteiger partial charge in [0, 0.05) is 17.5 Å². The molecular formula is C18H22ClN5O4S3. The van der Waals surface area contributed by atoms with Crippen molar-refractivity contribution in [2.45, 2.75) is 59.8 Å². The first kappa shape index (κ1) is 22.7. The number of nitrogens with zero attached hydrogens (tertiary/aromatic N) is 3. The number of thioether (sulfide) groups is 2.